The molecule has 0 aliphatic rings. The third-order valence-electron chi connectivity index (χ3n) is 16.6. The topological polar surface area (TPSA) is 367 Å². The molecule has 7 amide bonds. The molecule has 0 spiro atoms. The van der Waals surface area contributed by atoms with Crippen LogP contribution in [0.3, 0.4) is 0 Å². The predicted molar refractivity (Wildman–Crippen MR) is 432 cm³/mol. The normalized spacial score (nSPS) is 13.4. The molecule has 0 aromatic carbocycles. The molecule has 0 aliphatic heterocycles. The number of carbonyl (C=O) groups excluding carboxylic acids is 7. The minimum absolute atomic E-state index is 0.0417. The molecule has 0 aromatic rings. The van der Waals surface area contributed by atoms with Gasteiger partial charge in [0, 0.05) is 160 Å². The Labute approximate surface area is 640 Å². The molecule has 104 heavy (non-hydrogen) atoms. The first-order chi connectivity index (χ1) is 48.9. The lowest BCUT2D eigenvalue weighted by atomic mass is 10.1. The number of carbonyl (C=O) groups is 7. The fourth-order valence-corrected chi connectivity index (χ4v) is 17.3. The van der Waals surface area contributed by atoms with Crippen LogP contribution in [0.5, 0.6) is 0 Å². The van der Waals surface area contributed by atoms with Crippen LogP contribution in [0.15, 0.2) is 0 Å². The van der Waals surface area contributed by atoms with Crippen LogP contribution in [-0.2, 0) is 82.2 Å². The van der Waals surface area contributed by atoms with Gasteiger partial charge < -0.3 is 92.3 Å². The van der Waals surface area contributed by atoms with Crippen molar-refractivity contribution in [3.63, 3.8) is 0 Å². The number of aliphatic hydroxyl groups excluding tert-OH is 1. The number of amides is 7. The van der Waals surface area contributed by atoms with E-state index < -0.39 is 35.0 Å². The molecule has 8 atom stereocenters. The van der Waals surface area contributed by atoms with E-state index in [2.05, 4.69) is 48.6 Å². The lowest BCUT2D eigenvalue weighted by Gasteiger charge is -2.29. The second-order valence-electron chi connectivity index (χ2n) is 25.7. The zero-order valence-electron chi connectivity index (χ0n) is 71.6. The van der Waals surface area contributed by atoms with Crippen molar-refractivity contribution in [3.8, 4) is 0 Å². The van der Waals surface area contributed by atoms with Crippen LogP contribution in [-0.4, -0.2) is 188 Å². The minimum atomic E-state index is -2.62. The van der Waals surface area contributed by atoms with Gasteiger partial charge in [-0.25, -0.2) is 0 Å². The Morgan fingerprint density at radius 1 is 0.317 bits per heavy atom. The van der Waals surface area contributed by atoms with Crippen LogP contribution in [0.2, 0.25) is 30.7 Å². The fourth-order valence-electron chi connectivity index (χ4n) is 7.68. The van der Waals surface area contributed by atoms with Crippen LogP contribution < -0.4 is 38.5 Å². The van der Waals surface area contributed by atoms with Crippen molar-refractivity contribution in [2.75, 3.05) is 100 Å². The average Bonchev–Trinajstić information content (AvgIpc) is 0.881. The maximum atomic E-state index is 11.8. The highest BCUT2D eigenvalue weighted by atomic mass is 28.4. The van der Waals surface area contributed by atoms with E-state index in [4.69, 9.17) is 71.0 Å². The van der Waals surface area contributed by atoms with Crippen LogP contribution >= 0.6 is 0 Å². The number of rotatable bonds is 53. The molecule has 8 unspecified atom stereocenters. The maximum Gasteiger partial charge on any atom is 0.501 e. The third-order valence-corrected chi connectivity index (χ3v) is 28.6. The van der Waals surface area contributed by atoms with Gasteiger partial charge in [-0.15, -0.1) is 0 Å². The third kappa shape index (κ3) is 69.2. The zero-order chi connectivity index (χ0) is 82.2. The lowest BCUT2D eigenvalue weighted by molar-refractivity contribution is -0.125. The first kappa shape index (κ1) is 116. The summed E-state index contributed by atoms with van der Waals surface area (Å²) in [5.41, 5.74) is 14.7. The van der Waals surface area contributed by atoms with Gasteiger partial charge >= 0.3 is 35.0 Å². The summed E-state index contributed by atoms with van der Waals surface area (Å²) in [6.07, 6.45) is 12.9. The molecule has 0 aromatic heterocycles. The highest BCUT2D eigenvalue weighted by Gasteiger charge is 2.41. The second kappa shape index (κ2) is 77.8. The van der Waals surface area contributed by atoms with Gasteiger partial charge in [-0.05, 0) is 150 Å². The molecule has 0 fully saturated rings. The Morgan fingerprint density at radius 2 is 0.519 bits per heavy atom. The van der Waals surface area contributed by atoms with Gasteiger partial charge in [0.15, 0.2) is 0 Å². The van der Waals surface area contributed by atoms with Crippen molar-refractivity contribution in [2.45, 2.75) is 299 Å². The van der Waals surface area contributed by atoms with Crippen LogP contribution in [0, 0.1) is 41.4 Å². The largest absolute Gasteiger partial charge is 0.501 e. The lowest BCUT2D eigenvalue weighted by Crippen LogP contribution is -2.47. The molecule has 0 saturated heterocycles. The van der Waals surface area contributed by atoms with Gasteiger partial charge in [-0.2, -0.15) is 0 Å². The van der Waals surface area contributed by atoms with E-state index in [-0.39, 0.29) is 88.9 Å². The minimum Gasteiger partial charge on any atom is -0.395 e. The van der Waals surface area contributed by atoms with Crippen molar-refractivity contribution in [2.24, 2.45) is 58.6 Å². The van der Waals surface area contributed by atoms with Crippen molar-refractivity contribution in [1.82, 2.24) is 21.3 Å². The molecule has 30 heteroatoms. The van der Waals surface area contributed by atoms with E-state index in [0.717, 1.165) is 114 Å². The van der Waals surface area contributed by atoms with E-state index in [1.165, 1.54) is 0 Å². The molecule has 0 saturated carbocycles. The SMILES string of the molecule is CCC(C)C(=O)NCCC[Si](OC)(OC)OC.CCC(C)C(N)=O.CCC(C)C(N)=O.CCC(C)C(N)=O.CCC(C)O.CCCO[Si](CCCNC(=O)C(C)CC)(OCCC)OCCC.CCO[Si](C)(CCCNC(=O)C(C)CC)OCC.CCO[Si](CCCNC(=O)C(C)CC)(OCC)OCC. The Kier molecular flexibility index (Phi) is 87.1. The Bertz CT molecular complexity index is 1910. The highest BCUT2D eigenvalue weighted by molar-refractivity contribution is 6.66. The molecule has 11 N–H and O–H groups in total. The molecule has 626 valence electrons. The molecule has 0 aliphatic carbocycles. The first-order valence-corrected chi connectivity index (χ1v) is 47.7. The molecule has 0 heterocycles. The molecule has 0 bridgehead atoms. The Hall–Kier alpha value is -3.32. The molecule has 26 nitrogen and oxygen atoms in total. The van der Waals surface area contributed by atoms with E-state index in [0.29, 0.717) is 85.1 Å². The van der Waals surface area contributed by atoms with Gasteiger partial charge in [-0.1, -0.05) is 125 Å². The summed E-state index contributed by atoms with van der Waals surface area (Å²) in [4.78, 5) is 77.1. The van der Waals surface area contributed by atoms with Gasteiger partial charge in [0.2, 0.25) is 41.4 Å². The molecular formula is C74H165N7O19Si4. The number of nitrogens with two attached hydrogens (primary N) is 3. The van der Waals surface area contributed by atoms with Gasteiger partial charge in [0.05, 0.1) is 6.10 Å². The summed E-state index contributed by atoms with van der Waals surface area (Å²) in [6.45, 7) is 56.8. The van der Waals surface area contributed by atoms with E-state index in [9.17, 15) is 33.6 Å². The van der Waals surface area contributed by atoms with E-state index >= 15 is 0 Å². The quantitative estimate of drug-likeness (QED) is 0.0207. The van der Waals surface area contributed by atoms with E-state index in [1.54, 1.807) is 28.3 Å². The van der Waals surface area contributed by atoms with Crippen LogP contribution in [0.25, 0.3) is 0 Å². The summed E-state index contributed by atoms with van der Waals surface area (Å²) in [6, 6.07) is 3.13. The Balaban J connectivity index is -0.000000177. The number of primary amides is 3. The smallest absolute Gasteiger partial charge is 0.395 e. The van der Waals surface area contributed by atoms with Crippen molar-refractivity contribution >= 4 is 76.3 Å². The van der Waals surface area contributed by atoms with Gasteiger partial charge in [-0.3, -0.25) is 33.6 Å². The molecular weight excluding hydrogens is 1400 g/mol. The monoisotopic (exact) mass is 1570 g/mol. The predicted octanol–water partition coefficient (Wildman–Crippen LogP) is 12.8. The summed E-state index contributed by atoms with van der Waals surface area (Å²) < 4.78 is 62.8. The first-order valence-electron chi connectivity index (χ1n) is 39.4. The second-order valence-corrected chi connectivity index (χ2v) is 37.6. The van der Waals surface area contributed by atoms with Crippen LogP contribution in [0.1, 0.15) is 262 Å². The molecule has 0 radical (unpaired) electrons. The van der Waals surface area contributed by atoms with Gasteiger partial charge in [0.25, 0.3) is 0 Å². The average molecular weight is 1570 g/mol. The van der Waals surface area contributed by atoms with Crippen molar-refractivity contribution < 1.29 is 87.4 Å². The maximum absolute atomic E-state index is 11.8. The highest BCUT2D eigenvalue weighted by Crippen LogP contribution is 2.21. The number of aliphatic hydroxyl groups is 1. The number of hydrogen-bond donors (Lipinski definition) is 8. The zero-order valence-corrected chi connectivity index (χ0v) is 75.6. The number of hydrogen-bond acceptors (Lipinski definition) is 19. The fraction of sp³-hybridized carbons (Fsp3) is 0.905. The van der Waals surface area contributed by atoms with E-state index in [1.807, 2.05) is 138 Å². The van der Waals surface area contributed by atoms with Gasteiger partial charge in [0.1, 0.15) is 0 Å². The summed E-state index contributed by atoms with van der Waals surface area (Å²) in [5.74, 6) is 0.316. The standard InChI is InChI=1S/C17H37NO4Si.C14H31NO4Si.C13H29NO3Si.C11H25NO4Si.3C5H11NO.C4H10O/c1-6-12-20-23(21-13-7-2,22-14-8-3)15-10-11-18-17(19)16(5)9-4;1-6-13(5)14(16)15-11-10-12-20(17-7-2,18-8-3)19-9-4;1-6-12(4)13(15)14-10-9-11-18(5,16-7-2)17-8-3;1-6-10(2)11(13)12-8-7-9-17(14-3,15-4)16-5;3*1-3-4(2)5(6)7;1-3-4(2)5/h16H,6-15H2,1-5H3,(H,18,19);13H,6-12H2,1-5H3,(H,15,16);12H,6-11H2,1-5H3,(H,14,15);10H,6-9H2,1-5H3,(H,12,13);3*4H,3H2,1-2H3,(H2,6,7);4-5H,3H2,1-2H3. The number of nitrogens with one attached hydrogen (secondary N) is 4. The summed E-state index contributed by atoms with van der Waals surface area (Å²) in [5, 5.41) is 20.2. The van der Waals surface area contributed by atoms with Crippen molar-refractivity contribution in [3.05, 3.63) is 0 Å². The van der Waals surface area contributed by atoms with Crippen LogP contribution in [0.4, 0.5) is 0 Å². The van der Waals surface area contributed by atoms with Crippen molar-refractivity contribution in [1.29, 1.82) is 0 Å². The Morgan fingerprint density at radius 3 is 0.683 bits per heavy atom. The molecule has 0 rings (SSSR count). The summed E-state index contributed by atoms with van der Waals surface area (Å²) >= 11 is 0. The summed E-state index contributed by atoms with van der Waals surface area (Å²) in [7, 11) is -4.87.